The van der Waals surface area contributed by atoms with Gasteiger partial charge in [0.2, 0.25) is 5.95 Å². The Morgan fingerprint density at radius 2 is 1.05 bits per heavy atom. The molecular formula is C52H30N4O. The third-order valence-corrected chi connectivity index (χ3v) is 11.9. The van der Waals surface area contributed by atoms with E-state index in [-0.39, 0.29) is 0 Å². The average Bonchev–Trinajstić information content (AvgIpc) is 3.93. The zero-order chi connectivity index (χ0) is 37.2. The molecule has 5 heteroatoms. The molecule has 57 heavy (non-hydrogen) atoms. The Bertz CT molecular complexity index is 3830. The van der Waals surface area contributed by atoms with Gasteiger partial charge >= 0.3 is 0 Å². The predicted molar refractivity (Wildman–Crippen MR) is 236 cm³/mol. The summed E-state index contributed by atoms with van der Waals surface area (Å²) in [6.07, 6.45) is 0. The summed E-state index contributed by atoms with van der Waals surface area (Å²) < 4.78 is 11.0. The van der Waals surface area contributed by atoms with E-state index in [2.05, 4.69) is 173 Å². The summed E-state index contributed by atoms with van der Waals surface area (Å²) in [6.45, 7) is 0. The molecule has 0 spiro atoms. The number of hydrogen-bond donors (Lipinski definition) is 0. The molecule has 13 aromatic rings. The summed E-state index contributed by atoms with van der Waals surface area (Å²) in [5, 5.41) is 12.8. The number of benzene rings is 9. The minimum Gasteiger partial charge on any atom is -0.456 e. The van der Waals surface area contributed by atoms with Crippen LogP contribution in [0.4, 0.5) is 0 Å². The van der Waals surface area contributed by atoms with Crippen LogP contribution < -0.4 is 0 Å². The molecule has 5 nitrogen and oxygen atoms in total. The van der Waals surface area contributed by atoms with Crippen molar-refractivity contribution in [2.75, 3.05) is 0 Å². The molecule has 0 bridgehead atoms. The molecule has 0 atom stereocenters. The van der Waals surface area contributed by atoms with Crippen LogP contribution in [0, 0.1) is 0 Å². The van der Waals surface area contributed by atoms with Crippen LogP contribution in [0.5, 0.6) is 0 Å². The molecule has 0 fully saturated rings. The number of furan rings is 1. The van der Waals surface area contributed by atoms with Gasteiger partial charge in [0.05, 0.1) is 39.0 Å². The van der Waals surface area contributed by atoms with E-state index in [1.807, 2.05) is 18.2 Å². The Morgan fingerprint density at radius 1 is 0.368 bits per heavy atom. The molecule has 0 N–H and O–H groups in total. The fourth-order valence-electron chi connectivity index (χ4n) is 9.47. The van der Waals surface area contributed by atoms with Crippen molar-refractivity contribution in [1.29, 1.82) is 0 Å². The van der Waals surface area contributed by atoms with Crippen molar-refractivity contribution in [1.82, 2.24) is 19.1 Å². The molecule has 0 saturated carbocycles. The lowest BCUT2D eigenvalue weighted by Gasteiger charge is -2.14. The molecule has 0 aliphatic heterocycles. The summed E-state index contributed by atoms with van der Waals surface area (Å²) in [5.74, 6) is 0.629. The van der Waals surface area contributed by atoms with Gasteiger partial charge < -0.3 is 8.98 Å². The maximum absolute atomic E-state index is 6.34. The molecule has 13 rings (SSSR count). The zero-order valence-corrected chi connectivity index (χ0v) is 30.5. The van der Waals surface area contributed by atoms with Gasteiger partial charge in [-0.1, -0.05) is 127 Å². The number of rotatable bonds is 3. The van der Waals surface area contributed by atoms with Gasteiger partial charge in [-0.05, 0) is 70.8 Å². The fourth-order valence-corrected chi connectivity index (χ4v) is 9.47. The highest BCUT2D eigenvalue weighted by Gasteiger charge is 2.22. The van der Waals surface area contributed by atoms with Crippen molar-refractivity contribution < 1.29 is 4.42 Å². The Balaban J connectivity index is 1.10. The van der Waals surface area contributed by atoms with Gasteiger partial charge in [0.25, 0.3) is 0 Å². The molecule has 0 amide bonds. The van der Waals surface area contributed by atoms with Gasteiger partial charge in [0.1, 0.15) is 11.2 Å². The van der Waals surface area contributed by atoms with E-state index in [4.69, 9.17) is 14.4 Å². The Morgan fingerprint density at radius 3 is 1.95 bits per heavy atom. The van der Waals surface area contributed by atoms with Crippen LogP contribution in [-0.2, 0) is 0 Å². The number of para-hydroxylation sites is 4. The van der Waals surface area contributed by atoms with E-state index >= 15 is 0 Å². The quantitative estimate of drug-likeness (QED) is 0.182. The lowest BCUT2D eigenvalue weighted by molar-refractivity contribution is 0.669. The van der Waals surface area contributed by atoms with Crippen molar-refractivity contribution in [2.45, 2.75) is 0 Å². The van der Waals surface area contributed by atoms with Crippen molar-refractivity contribution in [3.8, 4) is 22.9 Å². The van der Waals surface area contributed by atoms with Gasteiger partial charge in [-0.25, -0.2) is 9.97 Å². The first-order chi connectivity index (χ1) is 28.3. The van der Waals surface area contributed by atoms with Crippen LogP contribution in [0.15, 0.2) is 186 Å². The van der Waals surface area contributed by atoms with E-state index in [1.165, 1.54) is 38.0 Å². The predicted octanol–water partition coefficient (Wildman–Crippen LogP) is 13.7. The summed E-state index contributed by atoms with van der Waals surface area (Å²) in [5.41, 5.74) is 10.1. The van der Waals surface area contributed by atoms with Crippen LogP contribution in [0.1, 0.15) is 0 Å². The maximum atomic E-state index is 6.34. The largest absolute Gasteiger partial charge is 0.456 e. The smallest absolute Gasteiger partial charge is 0.235 e. The SMILES string of the molecule is c1cc(-n2c3ccccc3c3c4ccccc4ccc32)c2cc3c4ccccc4n(-c4nc(-c5cccc6oc7ccccc7c56)c5ccccc5n4)c3cc2c1. The zero-order valence-electron chi connectivity index (χ0n) is 30.5. The van der Waals surface area contributed by atoms with E-state index in [9.17, 15) is 0 Å². The molecule has 0 aliphatic carbocycles. The van der Waals surface area contributed by atoms with E-state index < -0.39 is 0 Å². The van der Waals surface area contributed by atoms with E-state index in [1.54, 1.807) is 0 Å². The van der Waals surface area contributed by atoms with Crippen molar-refractivity contribution >= 4 is 98.0 Å². The first-order valence-corrected chi connectivity index (χ1v) is 19.3. The number of nitrogens with zero attached hydrogens (tertiary/aromatic N) is 4. The molecule has 0 radical (unpaired) electrons. The second kappa shape index (κ2) is 11.4. The second-order valence-corrected chi connectivity index (χ2v) is 14.9. The third kappa shape index (κ3) is 4.23. The fraction of sp³-hybridized carbons (Fsp3) is 0. The molecule has 264 valence electrons. The van der Waals surface area contributed by atoms with Crippen LogP contribution >= 0.6 is 0 Å². The Kier molecular flexibility index (Phi) is 6.10. The van der Waals surface area contributed by atoms with Crippen molar-refractivity contribution in [3.63, 3.8) is 0 Å². The molecule has 4 aromatic heterocycles. The van der Waals surface area contributed by atoms with Gasteiger partial charge in [0.15, 0.2) is 0 Å². The summed E-state index contributed by atoms with van der Waals surface area (Å²) in [6, 6.07) is 64.8. The van der Waals surface area contributed by atoms with Gasteiger partial charge in [0, 0.05) is 48.7 Å². The Hall–Kier alpha value is -7.76. The first kappa shape index (κ1) is 30.6. The topological polar surface area (TPSA) is 48.8 Å². The minimum absolute atomic E-state index is 0.629. The molecule has 0 aliphatic rings. The summed E-state index contributed by atoms with van der Waals surface area (Å²) in [4.78, 5) is 10.8. The number of hydrogen-bond acceptors (Lipinski definition) is 3. The average molecular weight is 727 g/mol. The lowest BCUT2D eigenvalue weighted by Crippen LogP contribution is -2.03. The maximum Gasteiger partial charge on any atom is 0.235 e. The number of aromatic nitrogens is 4. The van der Waals surface area contributed by atoms with Crippen LogP contribution in [0.25, 0.3) is 121 Å². The van der Waals surface area contributed by atoms with Crippen LogP contribution in [-0.4, -0.2) is 19.1 Å². The molecule has 0 unspecified atom stereocenters. The monoisotopic (exact) mass is 726 g/mol. The number of fused-ring (bicyclic) bond motifs is 13. The molecular weight excluding hydrogens is 697 g/mol. The molecule has 4 heterocycles. The van der Waals surface area contributed by atoms with Crippen LogP contribution in [0.3, 0.4) is 0 Å². The van der Waals surface area contributed by atoms with Crippen molar-refractivity contribution in [3.05, 3.63) is 182 Å². The molecule has 9 aromatic carbocycles. The van der Waals surface area contributed by atoms with E-state index in [0.717, 1.165) is 77.0 Å². The first-order valence-electron chi connectivity index (χ1n) is 19.3. The molecule has 0 saturated heterocycles. The highest BCUT2D eigenvalue weighted by Crippen LogP contribution is 2.42. The standard InChI is InChI=1S/C52H30N4O/c1-2-15-33-31(13-1)27-28-45-49(33)36-18-5-9-23-43(36)55(45)44-24-11-14-32-29-46-40(30-39(32)44)34-16-4-8-22-42(34)56(46)52-53-41-21-7-3-17-35(41)51(54-52)38-20-12-26-48-50(38)37-19-6-10-25-47(37)57-48/h1-30H. The highest BCUT2D eigenvalue weighted by molar-refractivity contribution is 6.22. The van der Waals surface area contributed by atoms with Crippen molar-refractivity contribution in [2.24, 2.45) is 0 Å². The lowest BCUT2D eigenvalue weighted by atomic mass is 10.0. The van der Waals surface area contributed by atoms with Crippen LogP contribution in [0.2, 0.25) is 0 Å². The third-order valence-electron chi connectivity index (χ3n) is 11.9. The normalized spacial score (nSPS) is 12.2. The van der Waals surface area contributed by atoms with Gasteiger partial charge in [-0.3, -0.25) is 4.57 Å². The summed E-state index contributed by atoms with van der Waals surface area (Å²) >= 11 is 0. The minimum atomic E-state index is 0.629. The summed E-state index contributed by atoms with van der Waals surface area (Å²) in [7, 11) is 0. The Labute approximate surface area is 325 Å². The van der Waals surface area contributed by atoms with Gasteiger partial charge in [-0.2, -0.15) is 0 Å². The van der Waals surface area contributed by atoms with E-state index in [0.29, 0.717) is 5.95 Å². The van der Waals surface area contributed by atoms with Gasteiger partial charge in [-0.15, -0.1) is 0 Å². The highest BCUT2D eigenvalue weighted by atomic mass is 16.3. The second-order valence-electron chi connectivity index (χ2n) is 14.9.